The third kappa shape index (κ3) is 1.13. The van der Waals surface area contributed by atoms with Gasteiger partial charge in [-0.15, -0.1) is 0 Å². The Morgan fingerprint density at radius 1 is 1.42 bits per heavy atom. The van der Waals surface area contributed by atoms with Crippen molar-refractivity contribution in [1.29, 1.82) is 0 Å². The van der Waals surface area contributed by atoms with Crippen LogP contribution in [-0.2, 0) is 9.53 Å². The minimum Gasteiger partial charge on any atom is -0.466 e. The molecule has 2 heteroatoms. The number of esters is 1. The topological polar surface area (TPSA) is 26.3 Å². The summed E-state index contributed by atoms with van der Waals surface area (Å²) in [5.41, 5.74) is 0. The Hall–Kier alpha value is -0.530. The summed E-state index contributed by atoms with van der Waals surface area (Å²) in [4.78, 5) is 11.3. The average Bonchev–Trinajstić information content (AvgIpc) is 2.51. The Balaban J connectivity index is 1.85. The molecule has 2 saturated carbocycles. The van der Waals surface area contributed by atoms with E-state index in [4.69, 9.17) is 4.74 Å². The van der Waals surface area contributed by atoms with E-state index in [9.17, 15) is 4.79 Å². The van der Waals surface area contributed by atoms with Crippen molar-refractivity contribution in [3.05, 3.63) is 0 Å². The predicted octanol–water partition coefficient (Wildman–Crippen LogP) is 1.84. The molecule has 2 rings (SSSR count). The lowest BCUT2D eigenvalue weighted by Crippen LogP contribution is -2.11. The van der Waals surface area contributed by atoms with Gasteiger partial charge in [-0.05, 0) is 37.5 Å². The zero-order valence-corrected chi connectivity index (χ0v) is 7.75. The summed E-state index contributed by atoms with van der Waals surface area (Å²) in [6, 6.07) is 0. The van der Waals surface area contributed by atoms with Crippen molar-refractivity contribution in [2.24, 2.45) is 23.7 Å². The molecule has 0 saturated heterocycles. The molecule has 68 valence electrons. The van der Waals surface area contributed by atoms with Gasteiger partial charge in [0, 0.05) is 0 Å². The Kier molecular flexibility index (Phi) is 1.85. The van der Waals surface area contributed by atoms with Crippen LogP contribution in [0.4, 0.5) is 0 Å². The van der Waals surface area contributed by atoms with Gasteiger partial charge in [-0.1, -0.05) is 6.92 Å². The van der Waals surface area contributed by atoms with Crippen LogP contribution in [0.5, 0.6) is 0 Å². The molecule has 2 nitrogen and oxygen atoms in total. The van der Waals surface area contributed by atoms with Gasteiger partial charge in [0.1, 0.15) is 0 Å². The molecule has 0 aromatic carbocycles. The lowest BCUT2D eigenvalue weighted by atomic mass is 10.0. The number of rotatable bonds is 2. The second-order valence-electron chi connectivity index (χ2n) is 4.18. The van der Waals surface area contributed by atoms with Gasteiger partial charge in [-0.3, -0.25) is 4.79 Å². The quantitative estimate of drug-likeness (QED) is 0.588. The van der Waals surface area contributed by atoms with Crippen LogP contribution in [0, 0.1) is 23.7 Å². The summed E-state index contributed by atoms with van der Waals surface area (Å²) in [6.07, 6.45) is 2.49. The maximum absolute atomic E-state index is 11.3. The van der Waals surface area contributed by atoms with Crippen molar-refractivity contribution in [3.63, 3.8) is 0 Å². The summed E-state index contributed by atoms with van der Waals surface area (Å²) < 4.78 is 5.00. The van der Waals surface area contributed by atoms with Crippen LogP contribution in [-0.4, -0.2) is 12.6 Å². The van der Waals surface area contributed by atoms with Crippen LogP contribution >= 0.6 is 0 Å². The van der Waals surface area contributed by atoms with Crippen molar-refractivity contribution < 1.29 is 9.53 Å². The summed E-state index contributed by atoms with van der Waals surface area (Å²) in [5.74, 6) is 2.53. The highest BCUT2D eigenvalue weighted by atomic mass is 16.5. The Morgan fingerprint density at radius 3 is 2.50 bits per heavy atom. The monoisotopic (exact) mass is 168 g/mol. The second-order valence-corrected chi connectivity index (χ2v) is 4.18. The van der Waals surface area contributed by atoms with E-state index in [1.165, 1.54) is 12.8 Å². The highest BCUT2D eigenvalue weighted by molar-refractivity contribution is 5.76. The number of hydrogen-bond donors (Lipinski definition) is 0. The highest BCUT2D eigenvalue weighted by Gasteiger charge is 2.59. The fourth-order valence-corrected chi connectivity index (χ4v) is 2.70. The van der Waals surface area contributed by atoms with Gasteiger partial charge in [-0.25, -0.2) is 0 Å². The number of carbonyl (C=O) groups excluding carboxylic acids is 1. The lowest BCUT2D eigenvalue weighted by Gasteiger charge is -2.07. The smallest absolute Gasteiger partial charge is 0.309 e. The highest BCUT2D eigenvalue weighted by Crippen LogP contribution is 2.59. The molecular weight excluding hydrogens is 152 g/mol. The molecule has 0 spiro atoms. The first-order chi connectivity index (χ1) is 5.74. The first-order valence-corrected chi connectivity index (χ1v) is 4.90. The molecule has 0 aromatic heterocycles. The molecule has 12 heavy (non-hydrogen) atoms. The van der Waals surface area contributed by atoms with Crippen LogP contribution in [0.3, 0.4) is 0 Å². The average molecular weight is 168 g/mol. The molecule has 0 bridgehead atoms. The Bertz CT molecular complexity index is 188. The van der Waals surface area contributed by atoms with Gasteiger partial charge in [0.25, 0.3) is 0 Å². The molecule has 0 N–H and O–H groups in total. The first kappa shape index (κ1) is 8.09. The van der Waals surface area contributed by atoms with Crippen molar-refractivity contribution in [2.75, 3.05) is 6.61 Å². The largest absolute Gasteiger partial charge is 0.466 e. The molecule has 2 fully saturated rings. The Labute approximate surface area is 73.3 Å². The maximum Gasteiger partial charge on any atom is 0.309 e. The van der Waals surface area contributed by atoms with E-state index >= 15 is 0 Å². The van der Waals surface area contributed by atoms with Crippen molar-refractivity contribution in [3.8, 4) is 0 Å². The van der Waals surface area contributed by atoms with Crippen LogP contribution in [0.15, 0.2) is 0 Å². The minimum absolute atomic E-state index is 0.0550. The molecule has 2 aliphatic carbocycles. The fraction of sp³-hybridized carbons (Fsp3) is 0.900. The van der Waals surface area contributed by atoms with Crippen LogP contribution in [0.25, 0.3) is 0 Å². The van der Waals surface area contributed by atoms with Gasteiger partial charge < -0.3 is 4.74 Å². The van der Waals surface area contributed by atoms with E-state index in [-0.39, 0.29) is 11.9 Å². The molecule has 0 heterocycles. The standard InChI is InChI=1S/C10H16O2/c1-3-12-10(11)9-7-4-6(2)5-8(7)9/h6-9H,3-5H2,1-2H3/t6?,7-,8?,9?/m1/s1. The molecule has 0 aromatic rings. The van der Waals surface area contributed by atoms with E-state index in [0.29, 0.717) is 18.4 Å². The van der Waals surface area contributed by atoms with Gasteiger partial charge in [0.15, 0.2) is 0 Å². The normalized spacial score (nSPS) is 43.8. The zero-order chi connectivity index (χ0) is 8.72. The van der Waals surface area contributed by atoms with Gasteiger partial charge in [0.05, 0.1) is 12.5 Å². The zero-order valence-electron chi connectivity index (χ0n) is 7.75. The third-order valence-corrected chi connectivity index (χ3v) is 3.24. The van der Waals surface area contributed by atoms with Gasteiger partial charge in [-0.2, -0.15) is 0 Å². The van der Waals surface area contributed by atoms with Crippen molar-refractivity contribution >= 4 is 5.97 Å². The fourth-order valence-electron chi connectivity index (χ4n) is 2.70. The van der Waals surface area contributed by atoms with E-state index in [1.54, 1.807) is 0 Å². The number of ether oxygens (including phenoxy) is 1. The molecule has 0 aliphatic heterocycles. The van der Waals surface area contributed by atoms with Crippen LogP contribution in [0.1, 0.15) is 26.7 Å². The van der Waals surface area contributed by atoms with Crippen molar-refractivity contribution in [1.82, 2.24) is 0 Å². The van der Waals surface area contributed by atoms with Crippen LogP contribution in [0.2, 0.25) is 0 Å². The molecule has 0 radical (unpaired) electrons. The molecular formula is C10H16O2. The van der Waals surface area contributed by atoms with Gasteiger partial charge in [0.2, 0.25) is 0 Å². The third-order valence-electron chi connectivity index (χ3n) is 3.24. The summed E-state index contributed by atoms with van der Waals surface area (Å²) in [6.45, 7) is 4.68. The number of carbonyl (C=O) groups is 1. The number of fused-ring (bicyclic) bond motifs is 1. The van der Waals surface area contributed by atoms with Gasteiger partial charge >= 0.3 is 5.97 Å². The molecule has 4 atom stereocenters. The van der Waals surface area contributed by atoms with E-state index in [0.717, 1.165) is 5.92 Å². The predicted molar refractivity (Wildman–Crippen MR) is 45.5 cm³/mol. The van der Waals surface area contributed by atoms with Crippen molar-refractivity contribution in [2.45, 2.75) is 26.7 Å². The number of hydrogen-bond acceptors (Lipinski definition) is 2. The first-order valence-electron chi connectivity index (χ1n) is 4.90. The van der Waals surface area contributed by atoms with Crippen LogP contribution < -0.4 is 0 Å². The lowest BCUT2D eigenvalue weighted by molar-refractivity contribution is -0.145. The van der Waals surface area contributed by atoms with E-state index < -0.39 is 0 Å². The summed E-state index contributed by atoms with van der Waals surface area (Å²) in [5, 5.41) is 0. The molecule has 0 amide bonds. The van der Waals surface area contributed by atoms with E-state index in [2.05, 4.69) is 6.92 Å². The van der Waals surface area contributed by atoms with E-state index in [1.807, 2.05) is 6.92 Å². The summed E-state index contributed by atoms with van der Waals surface area (Å²) >= 11 is 0. The SMILES string of the molecule is CCOC(=O)C1C2CC(C)C[C@H]21. The Morgan fingerprint density at radius 2 is 2.00 bits per heavy atom. The maximum atomic E-state index is 11.3. The molecule has 3 unspecified atom stereocenters. The summed E-state index contributed by atoms with van der Waals surface area (Å²) in [7, 11) is 0. The molecule has 2 aliphatic rings. The minimum atomic E-state index is 0.0550. The second kappa shape index (κ2) is 2.75.